The maximum Gasteiger partial charge on any atom is 0.315 e. The van der Waals surface area contributed by atoms with Crippen LogP contribution in [0.15, 0.2) is 50.3 Å². The van der Waals surface area contributed by atoms with Crippen molar-refractivity contribution in [3.63, 3.8) is 0 Å². The highest BCUT2D eigenvalue weighted by atomic mass is 32.1. The number of esters is 1. The van der Waals surface area contributed by atoms with Crippen molar-refractivity contribution in [1.82, 2.24) is 0 Å². The van der Waals surface area contributed by atoms with Gasteiger partial charge in [-0.2, -0.15) is 0 Å². The van der Waals surface area contributed by atoms with E-state index in [2.05, 4.69) is 6.07 Å². The van der Waals surface area contributed by atoms with Crippen LogP contribution in [0.4, 0.5) is 0 Å². The van der Waals surface area contributed by atoms with Gasteiger partial charge < -0.3 is 9.15 Å². The van der Waals surface area contributed by atoms with Gasteiger partial charge in [0.05, 0.1) is 12.5 Å². The van der Waals surface area contributed by atoms with Crippen LogP contribution >= 0.6 is 11.3 Å². The SMILES string of the molecule is CCCOC(=O)C1C(C)=NC2=C(C(=O)C[C@@H](c3cccs3)C2)[C@H]1c1ccc(C)o1. The molecule has 3 heterocycles. The summed E-state index contributed by atoms with van der Waals surface area (Å²) >= 11 is 1.67. The topological polar surface area (TPSA) is 68.9 Å². The third kappa shape index (κ3) is 3.73. The molecule has 6 heteroatoms. The molecule has 2 aromatic heterocycles. The maximum absolute atomic E-state index is 13.3. The van der Waals surface area contributed by atoms with Crippen molar-refractivity contribution in [3.05, 3.63) is 57.3 Å². The first-order valence-corrected chi connectivity index (χ1v) is 10.9. The summed E-state index contributed by atoms with van der Waals surface area (Å²) < 4.78 is 11.4. The van der Waals surface area contributed by atoms with Gasteiger partial charge >= 0.3 is 5.97 Å². The number of aryl methyl sites for hydroxylation is 1. The lowest BCUT2D eigenvalue weighted by molar-refractivity contribution is -0.146. The van der Waals surface area contributed by atoms with E-state index in [0.29, 0.717) is 36.5 Å². The van der Waals surface area contributed by atoms with Crippen LogP contribution in [0.3, 0.4) is 0 Å². The molecule has 0 amide bonds. The van der Waals surface area contributed by atoms with Crippen molar-refractivity contribution >= 4 is 28.8 Å². The fourth-order valence-corrected chi connectivity index (χ4v) is 5.14. The first-order chi connectivity index (χ1) is 14.0. The fourth-order valence-electron chi connectivity index (χ4n) is 4.31. The van der Waals surface area contributed by atoms with E-state index in [1.165, 1.54) is 4.88 Å². The van der Waals surface area contributed by atoms with Gasteiger partial charge in [0, 0.05) is 34.2 Å². The Bertz CT molecular complexity index is 982. The fraction of sp³-hybridized carbons (Fsp3) is 0.435. The Morgan fingerprint density at radius 2 is 2.10 bits per heavy atom. The molecule has 1 aliphatic carbocycles. The maximum atomic E-state index is 13.3. The van der Waals surface area contributed by atoms with E-state index in [9.17, 15) is 9.59 Å². The molecule has 29 heavy (non-hydrogen) atoms. The number of Topliss-reactive ketones (excluding diaryl/α,β-unsaturated/α-hetero) is 1. The first-order valence-electron chi connectivity index (χ1n) is 10.1. The van der Waals surface area contributed by atoms with Crippen LogP contribution in [0.25, 0.3) is 0 Å². The number of carbonyl (C=O) groups is 2. The third-order valence-electron chi connectivity index (χ3n) is 5.60. The van der Waals surface area contributed by atoms with E-state index >= 15 is 0 Å². The molecular formula is C23H25NO4S. The molecule has 2 aliphatic rings. The number of rotatable bonds is 5. The van der Waals surface area contributed by atoms with E-state index in [-0.39, 0.29) is 17.7 Å². The lowest BCUT2D eigenvalue weighted by atomic mass is 9.71. The molecule has 3 atom stereocenters. The molecule has 0 bridgehead atoms. The number of furan rings is 1. The van der Waals surface area contributed by atoms with E-state index < -0.39 is 11.8 Å². The van der Waals surface area contributed by atoms with E-state index in [1.807, 2.05) is 44.4 Å². The normalized spacial score (nSPS) is 24.3. The second kappa shape index (κ2) is 8.11. The Morgan fingerprint density at radius 1 is 1.28 bits per heavy atom. The molecule has 1 unspecified atom stereocenters. The van der Waals surface area contributed by atoms with Gasteiger partial charge in [-0.25, -0.2) is 0 Å². The van der Waals surface area contributed by atoms with Gasteiger partial charge in [-0.3, -0.25) is 14.6 Å². The van der Waals surface area contributed by atoms with Gasteiger partial charge in [-0.1, -0.05) is 13.0 Å². The number of hydrogen-bond donors (Lipinski definition) is 0. The highest BCUT2D eigenvalue weighted by Crippen LogP contribution is 2.47. The summed E-state index contributed by atoms with van der Waals surface area (Å²) in [5.74, 6) is 0.124. The zero-order valence-corrected chi connectivity index (χ0v) is 17.8. The van der Waals surface area contributed by atoms with Gasteiger partial charge in [0.15, 0.2) is 5.78 Å². The van der Waals surface area contributed by atoms with Crippen molar-refractivity contribution < 1.29 is 18.7 Å². The molecule has 0 N–H and O–H groups in total. The van der Waals surface area contributed by atoms with Crippen LogP contribution in [0, 0.1) is 12.8 Å². The van der Waals surface area contributed by atoms with Gasteiger partial charge in [-0.15, -0.1) is 11.3 Å². The van der Waals surface area contributed by atoms with Crippen molar-refractivity contribution in [1.29, 1.82) is 0 Å². The summed E-state index contributed by atoms with van der Waals surface area (Å²) in [6.45, 7) is 6.03. The van der Waals surface area contributed by atoms with Crippen molar-refractivity contribution in [2.24, 2.45) is 10.9 Å². The minimum absolute atomic E-state index is 0.0493. The van der Waals surface area contributed by atoms with Crippen LogP contribution < -0.4 is 0 Å². The molecule has 0 radical (unpaired) electrons. The van der Waals surface area contributed by atoms with E-state index in [1.54, 1.807) is 11.3 Å². The summed E-state index contributed by atoms with van der Waals surface area (Å²) in [6, 6.07) is 7.82. The zero-order valence-electron chi connectivity index (χ0n) is 16.9. The number of aliphatic imine (C=N–C) groups is 1. The Hall–Kier alpha value is -2.47. The lowest BCUT2D eigenvalue weighted by Gasteiger charge is -2.35. The largest absolute Gasteiger partial charge is 0.466 e. The molecule has 5 nitrogen and oxygen atoms in total. The summed E-state index contributed by atoms with van der Waals surface area (Å²) in [5, 5.41) is 2.04. The van der Waals surface area contributed by atoms with Gasteiger partial charge in [0.25, 0.3) is 0 Å². The molecule has 152 valence electrons. The number of thiophene rings is 1. The summed E-state index contributed by atoms with van der Waals surface area (Å²) in [5.41, 5.74) is 2.09. The zero-order chi connectivity index (χ0) is 20.5. The number of nitrogens with zero attached hydrogens (tertiary/aromatic N) is 1. The van der Waals surface area contributed by atoms with Crippen LogP contribution in [0.1, 0.15) is 61.3 Å². The van der Waals surface area contributed by atoms with Gasteiger partial charge in [0.1, 0.15) is 17.4 Å². The average Bonchev–Trinajstić information content (AvgIpc) is 3.36. The standard InChI is InChI=1S/C23H25NO4S/c1-4-9-27-23(26)20-14(3)24-16-11-15(19-6-5-10-29-19)12-17(25)21(16)22(20)18-8-7-13(2)28-18/h5-8,10,15,20,22H,4,9,11-12H2,1-3H3/t15-,20?,22-/m0/s1. The Balaban J connectivity index is 1.77. The molecule has 1 aliphatic heterocycles. The Labute approximate surface area is 174 Å². The minimum atomic E-state index is -0.631. The number of allylic oxidation sites excluding steroid dienone is 2. The number of ether oxygens (including phenoxy) is 1. The van der Waals surface area contributed by atoms with Crippen LogP contribution in [-0.4, -0.2) is 24.1 Å². The van der Waals surface area contributed by atoms with Gasteiger partial charge in [-0.05, 0) is 50.3 Å². The first kappa shape index (κ1) is 19.8. The Morgan fingerprint density at radius 3 is 2.76 bits per heavy atom. The number of hydrogen-bond acceptors (Lipinski definition) is 6. The van der Waals surface area contributed by atoms with Crippen molar-refractivity contribution in [2.45, 2.75) is 51.9 Å². The van der Waals surface area contributed by atoms with E-state index in [0.717, 1.165) is 17.9 Å². The molecule has 0 aromatic carbocycles. The molecule has 0 spiro atoms. The Kier molecular flexibility index (Phi) is 5.54. The van der Waals surface area contributed by atoms with Gasteiger partial charge in [0.2, 0.25) is 0 Å². The minimum Gasteiger partial charge on any atom is -0.466 e. The molecule has 4 rings (SSSR count). The predicted octanol–water partition coefficient (Wildman–Crippen LogP) is 5.18. The monoisotopic (exact) mass is 411 g/mol. The van der Waals surface area contributed by atoms with Crippen LogP contribution in [0.2, 0.25) is 0 Å². The number of carbonyl (C=O) groups excluding carboxylic acids is 2. The van der Waals surface area contributed by atoms with Crippen LogP contribution in [0.5, 0.6) is 0 Å². The average molecular weight is 412 g/mol. The molecule has 0 fully saturated rings. The second-order valence-electron chi connectivity index (χ2n) is 7.73. The quantitative estimate of drug-likeness (QED) is 0.636. The lowest BCUT2D eigenvalue weighted by Crippen LogP contribution is -2.38. The molecular weight excluding hydrogens is 386 g/mol. The third-order valence-corrected chi connectivity index (χ3v) is 6.64. The summed E-state index contributed by atoms with van der Waals surface area (Å²) in [7, 11) is 0. The second-order valence-corrected chi connectivity index (χ2v) is 8.71. The molecule has 2 aromatic rings. The molecule has 0 saturated heterocycles. The smallest absolute Gasteiger partial charge is 0.315 e. The highest BCUT2D eigenvalue weighted by Gasteiger charge is 2.46. The van der Waals surface area contributed by atoms with Crippen LogP contribution in [-0.2, 0) is 14.3 Å². The predicted molar refractivity (Wildman–Crippen MR) is 112 cm³/mol. The summed E-state index contributed by atoms with van der Waals surface area (Å²) in [6.07, 6.45) is 1.88. The molecule has 0 saturated carbocycles. The van der Waals surface area contributed by atoms with E-state index in [4.69, 9.17) is 14.1 Å². The van der Waals surface area contributed by atoms with Crippen molar-refractivity contribution in [2.75, 3.05) is 6.61 Å². The summed E-state index contributed by atoms with van der Waals surface area (Å²) in [4.78, 5) is 32.2. The number of ketones is 1. The van der Waals surface area contributed by atoms with Crippen molar-refractivity contribution in [3.8, 4) is 0 Å². The highest BCUT2D eigenvalue weighted by molar-refractivity contribution is 7.10.